The number of halogens is 1. The third-order valence-corrected chi connectivity index (χ3v) is 7.32. The minimum atomic E-state index is -1.15. The molecule has 0 aliphatic carbocycles. The number of Topliss-reactive ketones (excluding diaryl/α,β-unsaturated/α-hetero) is 1. The van der Waals surface area contributed by atoms with Crippen molar-refractivity contribution < 1.29 is 18.8 Å². The molecule has 3 aliphatic rings. The summed E-state index contributed by atoms with van der Waals surface area (Å²) in [7, 11) is 1.46. The normalized spacial score (nSPS) is 21.8. The van der Waals surface area contributed by atoms with E-state index in [4.69, 9.17) is 5.84 Å². The van der Waals surface area contributed by atoms with Crippen LogP contribution in [0, 0.1) is 5.82 Å². The van der Waals surface area contributed by atoms with Crippen LogP contribution < -0.4 is 21.8 Å². The third-order valence-electron chi connectivity index (χ3n) is 7.32. The molecule has 1 aromatic rings. The fourth-order valence-electron chi connectivity index (χ4n) is 5.26. The summed E-state index contributed by atoms with van der Waals surface area (Å²) in [6, 6.07) is 3.92. The van der Waals surface area contributed by atoms with Crippen LogP contribution in [-0.2, 0) is 20.8 Å². The van der Waals surface area contributed by atoms with Gasteiger partial charge in [0, 0.05) is 36.5 Å². The van der Waals surface area contributed by atoms with Gasteiger partial charge in [-0.15, -0.1) is 0 Å². The van der Waals surface area contributed by atoms with Crippen molar-refractivity contribution in [3.63, 3.8) is 0 Å². The second-order valence-electron chi connectivity index (χ2n) is 9.46. The van der Waals surface area contributed by atoms with Crippen LogP contribution in [-0.4, -0.2) is 66.3 Å². The lowest BCUT2D eigenvalue weighted by atomic mass is 9.90. The van der Waals surface area contributed by atoms with Crippen LogP contribution in [0.15, 0.2) is 47.3 Å². The lowest BCUT2D eigenvalue weighted by molar-refractivity contribution is -0.133. The second-order valence-corrected chi connectivity index (χ2v) is 9.46. The van der Waals surface area contributed by atoms with Crippen LogP contribution >= 0.6 is 0 Å². The number of nitrogens with zero attached hydrogens (tertiary/aromatic N) is 2. The number of hydrogen-bond acceptors (Lipinski definition) is 7. The van der Waals surface area contributed by atoms with E-state index in [2.05, 4.69) is 27.8 Å². The van der Waals surface area contributed by atoms with E-state index in [-0.39, 0.29) is 12.3 Å². The van der Waals surface area contributed by atoms with E-state index in [9.17, 15) is 14.4 Å². The van der Waals surface area contributed by atoms with Crippen molar-refractivity contribution in [3.05, 3.63) is 64.3 Å². The Labute approximate surface area is 216 Å². The number of carbonyl (C=O) groups excluding carboxylic acids is 3. The number of amides is 2. The largest absolute Gasteiger partial charge is 0.357 e. The lowest BCUT2D eigenvalue weighted by Crippen LogP contribution is -2.57. The number of hydrogen-bond donors (Lipinski definition) is 4. The average molecular weight is 511 g/mol. The number of benzene rings is 1. The molecule has 4 rings (SSSR count). The number of carbonyl (C=O) groups is 3. The zero-order valence-corrected chi connectivity index (χ0v) is 21.6. The van der Waals surface area contributed by atoms with Crippen LogP contribution in [0.4, 0.5) is 4.39 Å². The zero-order valence-electron chi connectivity index (χ0n) is 21.6. The van der Waals surface area contributed by atoms with Gasteiger partial charge >= 0.3 is 0 Å². The van der Waals surface area contributed by atoms with Gasteiger partial charge in [-0.1, -0.05) is 26.0 Å². The van der Waals surface area contributed by atoms with Gasteiger partial charge in [0.25, 0.3) is 5.91 Å². The minimum Gasteiger partial charge on any atom is -0.357 e. The fraction of sp³-hybridized carbons (Fsp3) is 0.444. The highest BCUT2D eigenvalue weighted by molar-refractivity contribution is 6.17. The van der Waals surface area contributed by atoms with E-state index in [1.165, 1.54) is 18.1 Å². The first kappa shape index (κ1) is 26.6. The van der Waals surface area contributed by atoms with E-state index in [1.807, 2.05) is 6.92 Å². The summed E-state index contributed by atoms with van der Waals surface area (Å²) in [5, 5.41) is 9.83. The Bertz CT molecular complexity index is 1190. The van der Waals surface area contributed by atoms with Crippen LogP contribution in [0.2, 0.25) is 0 Å². The molecular weight excluding hydrogens is 475 g/mol. The maximum absolute atomic E-state index is 15.0. The lowest BCUT2D eigenvalue weighted by Gasteiger charge is -2.37. The minimum absolute atomic E-state index is 0.0376. The summed E-state index contributed by atoms with van der Waals surface area (Å²) in [5.74, 6) is 4.59. The highest BCUT2D eigenvalue weighted by Crippen LogP contribution is 2.32. The number of hydrazine groups is 1. The van der Waals surface area contributed by atoms with Crippen molar-refractivity contribution >= 4 is 23.3 Å². The van der Waals surface area contributed by atoms with E-state index in [0.29, 0.717) is 52.8 Å². The third kappa shape index (κ3) is 5.30. The molecule has 3 heterocycles. The van der Waals surface area contributed by atoms with Crippen LogP contribution in [0.3, 0.4) is 0 Å². The fourth-order valence-corrected chi connectivity index (χ4v) is 5.26. The number of allylic oxidation sites excluding steroid dienone is 4. The Morgan fingerprint density at radius 1 is 1.24 bits per heavy atom. The van der Waals surface area contributed by atoms with Gasteiger partial charge in [-0.3, -0.25) is 24.3 Å². The summed E-state index contributed by atoms with van der Waals surface area (Å²) in [6.07, 6.45) is 5.94. The molecule has 9 nitrogen and oxygen atoms in total. The molecule has 1 saturated heterocycles. The molecule has 2 atom stereocenters. The Balaban J connectivity index is 1.48. The van der Waals surface area contributed by atoms with Crippen LogP contribution in [0.25, 0.3) is 5.70 Å². The number of rotatable bonds is 8. The van der Waals surface area contributed by atoms with Gasteiger partial charge in [-0.05, 0) is 56.1 Å². The predicted octanol–water partition coefficient (Wildman–Crippen LogP) is 1.33. The number of fused-ring (bicyclic) bond motifs is 1. The summed E-state index contributed by atoms with van der Waals surface area (Å²) in [4.78, 5) is 40.1. The van der Waals surface area contributed by atoms with Crippen LogP contribution in [0.5, 0.6) is 0 Å². The Hall–Kier alpha value is -3.50. The molecule has 0 aromatic heterocycles. The first-order chi connectivity index (χ1) is 17.8. The van der Waals surface area contributed by atoms with Gasteiger partial charge in [-0.2, -0.15) is 0 Å². The number of nitrogens with one attached hydrogen (secondary N) is 3. The summed E-state index contributed by atoms with van der Waals surface area (Å²) < 4.78 is 15.0. The Morgan fingerprint density at radius 3 is 2.70 bits per heavy atom. The molecule has 37 heavy (non-hydrogen) atoms. The molecule has 3 aliphatic heterocycles. The Morgan fingerprint density at radius 2 is 2.03 bits per heavy atom. The smallest absolute Gasteiger partial charge is 0.252 e. The highest BCUT2D eigenvalue weighted by Gasteiger charge is 2.41. The molecular formula is C27H35FN6O3. The molecule has 0 spiro atoms. The Kier molecular flexibility index (Phi) is 8.09. The molecule has 0 bridgehead atoms. The van der Waals surface area contributed by atoms with Gasteiger partial charge < -0.3 is 16.0 Å². The predicted molar refractivity (Wildman–Crippen MR) is 139 cm³/mol. The second kappa shape index (κ2) is 11.3. The standard InChI is InChI=1S/C27H35FN6O3/c1-4-22-24-19(26(36)25(34(22)29)27(37)30-3)10-11-21(32-24)17-9-8-16(20(28)13-17)14-23(35)31-15-18-7-6-12-33(18)5-2/h8-11,13,18,25,32H,4-7,12,14-15,29H2,1-3H3,(H,30,37)(H,31,35). The summed E-state index contributed by atoms with van der Waals surface area (Å²) >= 11 is 0. The van der Waals surface area contributed by atoms with Crippen molar-refractivity contribution in [3.8, 4) is 0 Å². The molecule has 0 saturated carbocycles. The van der Waals surface area contributed by atoms with E-state index >= 15 is 4.39 Å². The number of likely N-dealkylation sites (N-methyl/N-ethyl adjacent to an activating group) is 2. The highest BCUT2D eigenvalue weighted by atomic mass is 19.1. The average Bonchev–Trinajstić information content (AvgIpc) is 3.36. The van der Waals surface area contributed by atoms with E-state index in [0.717, 1.165) is 25.9 Å². The van der Waals surface area contributed by atoms with Gasteiger partial charge in [0.1, 0.15) is 5.82 Å². The van der Waals surface area contributed by atoms with Gasteiger partial charge in [-0.25, -0.2) is 10.2 Å². The molecule has 1 aromatic carbocycles. The summed E-state index contributed by atoms with van der Waals surface area (Å²) in [6.45, 7) is 6.58. The molecule has 1 fully saturated rings. The first-order valence-electron chi connectivity index (χ1n) is 12.8. The molecule has 198 valence electrons. The van der Waals surface area contributed by atoms with Crippen molar-refractivity contribution in [2.24, 2.45) is 5.84 Å². The van der Waals surface area contributed by atoms with Crippen molar-refractivity contribution in [2.75, 3.05) is 26.7 Å². The quantitative estimate of drug-likeness (QED) is 0.308. The molecule has 2 unspecified atom stereocenters. The number of dihydropyridines is 1. The zero-order chi connectivity index (χ0) is 26.7. The number of nitrogens with two attached hydrogens (primary N) is 1. The number of ketones is 1. The molecule has 0 radical (unpaired) electrons. The van der Waals surface area contributed by atoms with E-state index < -0.39 is 23.5 Å². The van der Waals surface area contributed by atoms with Crippen molar-refractivity contribution in [2.45, 2.75) is 51.6 Å². The maximum atomic E-state index is 15.0. The van der Waals surface area contributed by atoms with Gasteiger partial charge in [0.2, 0.25) is 5.91 Å². The maximum Gasteiger partial charge on any atom is 0.252 e. The van der Waals surface area contributed by atoms with Crippen molar-refractivity contribution in [1.82, 2.24) is 25.9 Å². The summed E-state index contributed by atoms with van der Waals surface area (Å²) in [5.41, 5.74) is 2.92. The topological polar surface area (TPSA) is 120 Å². The number of likely N-dealkylation sites (tertiary alicyclic amines) is 1. The SMILES string of the molecule is CCC1=C2NC(c3ccc(CC(=O)NCC4CCCN4CC)c(F)c3)=CC=C2C(=O)C(C(=O)NC)N1N. The van der Waals surface area contributed by atoms with Gasteiger partial charge in [0.15, 0.2) is 11.8 Å². The molecule has 2 amide bonds. The monoisotopic (exact) mass is 510 g/mol. The van der Waals surface area contributed by atoms with Gasteiger partial charge in [0.05, 0.1) is 17.8 Å². The molecule has 5 N–H and O–H groups in total. The van der Waals surface area contributed by atoms with E-state index in [1.54, 1.807) is 24.3 Å². The first-order valence-corrected chi connectivity index (χ1v) is 12.8. The van der Waals surface area contributed by atoms with Crippen molar-refractivity contribution in [1.29, 1.82) is 0 Å². The van der Waals surface area contributed by atoms with Crippen LogP contribution in [0.1, 0.15) is 44.2 Å². The molecule has 10 heteroatoms.